The van der Waals surface area contributed by atoms with Crippen molar-refractivity contribution in [2.45, 2.75) is 31.7 Å². The molecule has 23 heavy (non-hydrogen) atoms. The maximum atomic E-state index is 12.2. The first kappa shape index (κ1) is 15.4. The van der Waals surface area contributed by atoms with Crippen LogP contribution in [0.2, 0.25) is 0 Å². The Labute approximate surface area is 135 Å². The van der Waals surface area contributed by atoms with Gasteiger partial charge in [0, 0.05) is 19.3 Å². The zero-order valence-corrected chi connectivity index (χ0v) is 13.5. The van der Waals surface area contributed by atoms with Crippen LogP contribution in [-0.2, 0) is 19.9 Å². The van der Waals surface area contributed by atoms with Gasteiger partial charge < -0.3 is 15.4 Å². The Kier molecular flexibility index (Phi) is 4.50. The molecule has 122 valence electrons. The summed E-state index contributed by atoms with van der Waals surface area (Å²) in [5.41, 5.74) is 3.22. The highest BCUT2D eigenvalue weighted by atomic mass is 16.5. The molecule has 0 spiro atoms. The molecule has 1 unspecified atom stereocenters. The Hall–Kier alpha value is -2.50. The number of aryl methyl sites for hydroxylation is 1. The Bertz CT molecular complexity index is 696. The largest absolute Gasteiger partial charge is 0.496 e. The number of fused-ring (bicyclic) bond motifs is 1. The lowest BCUT2D eigenvalue weighted by Gasteiger charge is -2.17. The van der Waals surface area contributed by atoms with Gasteiger partial charge in [0.2, 0.25) is 0 Å². The Balaban J connectivity index is 1.65. The summed E-state index contributed by atoms with van der Waals surface area (Å²) < 4.78 is 7.11. The molecule has 1 heterocycles. The maximum absolute atomic E-state index is 12.2. The molecule has 0 fully saturated rings. The lowest BCUT2D eigenvalue weighted by atomic mass is 10.0. The number of ether oxygens (including phenoxy) is 1. The molecule has 3 rings (SSSR count). The number of anilines is 1. The highest BCUT2D eigenvalue weighted by Gasteiger charge is 2.20. The van der Waals surface area contributed by atoms with Crippen molar-refractivity contribution >= 4 is 11.7 Å². The molecule has 0 radical (unpaired) electrons. The van der Waals surface area contributed by atoms with Crippen LogP contribution in [0, 0.1) is 0 Å². The fourth-order valence-corrected chi connectivity index (χ4v) is 3.13. The molecular weight excluding hydrogens is 292 g/mol. The van der Waals surface area contributed by atoms with E-state index >= 15 is 0 Å². The molecule has 2 N–H and O–H groups in total. The van der Waals surface area contributed by atoms with Crippen LogP contribution in [0.5, 0.6) is 5.75 Å². The number of nitrogens with zero attached hydrogens (tertiary/aromatic N) is 2. The van der Waals surface area contributed by atoms with Gasteiger partial charge in [0.1, 0.15) is 5.75 Å². The second-order valence-electron chi connectivity index (χ2n) is 5.89. The number of hydrogen-bond donors (Lipinski definition) is 2. The van der Waals surface area contributed by atoms with Crippen LogP contribution in [0.25, 0.3) is 0 Å². The fraction of sp³-hybridized carbons (Fsp3) is 0.412. The highest BCUT2D eigenvalue weighted by molar-refractivity contribution is 5.89. The van der Waals surface area contributed by atoms with Crippen LogP contribution in [-0.4, -0.2) is 29.0 Å². The van der Waals surface area contributed by atoms with Crippen molar-refractivity contribution in [1.82, 2.24) is 15.1 Å². The number of benzene rings is 1. The second-order valence-corrected chi connectivity index (χ2v) is 5.89. The van der Waals surface area contributed by atoms with Crippen molar-refractivity contribution in [3.63, 3.8) is 0 Å². The van der Waals surface area contributed by atoms with Gasteiger partial charge in [-0.2, -0.15) is 5.10 Å². The van der Waals surface area contributed by atoms with Crippen LogP contribution in [0.3, 0.4) is 0 Å². The molecule has 2 amide bonds. The average Bonchev–Trinajstić information content (AvgIpc) is 2.81. The summed E-state index contributed by atoms with van der Waals surface area (Å²) >= 11 is 0. The van der Waals surface area contributed by atoms with Gasteiger partial charge in [-0.25, -0.2) is 4.79 Å². The predicted molar refractivity (Wildman–Crippen MR) is 88.8 cm³/mol. The van der Waals surface area contributed by atoms with Crippen molar-refractivity contribution < 1.29 is 9.53 Å². The molecule has 2 aromatic rings. The van der Waals surface area contributed by atoms with Crippen LogP contribution in [0.15, 0.2) is 30.6 Å². The number of urea groups is 1. The summed E-state index contributed by atoms with van der Waals surface area (Å²) in [4.78, 5) is 12.2. The lowest BCUT2D eigenvalue weighted by molar-refractivity contribution is 0.247. The van der Waals surface area contributed by atoms with E-state index < -0.39 is 0 Å². The van der Waals surface area contributed by atoms with E-state index in [1.165, 1.54) is 11.1 Å². The van der Waals surface area contributed by atoms with E-state index in [2.05, 4.69) is 21.8 Å². The smallest absolute Gasteiger partial charge is 0.319 e. The van der Waals surface area contributed by atoms with Crippen LogP contribution in [0.1, 0.15) is 24.0 Å². The van der Waals surface area contributed by atoms with Crippen molar-refractivity contribution in [3.8, 4) is 5.75 Å². The summed E-state index contributed by atoms with van der Waals surface area (Å²) in [6, 6.07) is 6.07. The van der Waals surface area contributed by atoms with Crippen molar-refractivity contribution in [1.29, 1.82) is 0 Å². The molecular formula is C17H22N4O2. The monoisotopic (exact) mass is 314 g/mol. The summed E-state index contributed by atoms with van der Waals surface area (Å²) in [7, 11) is 3.52. The number of nitrogens with one attached hydrogen (secondary N) is 2. The van der Waals surface area contributed by atoms with Crippen molar-refractivity contribution in [2.24, 2.45) is 7.05 Å². The van der Waals surface area contributed by atoms with Gasteiger partial charge in [0.15, 0.2) is 0 Å². The molecule has 1 aromatic carbocycles. The van der Waals surface area contributed by atoms with Gasteiger partial charge in [-0.1, -0.05) is 12.1 Å². The molecule has 6 heteroatoms. The van der Waals surface area contributed by atoms with Gasteiger partial charge in [-0.3, -0.25) is 4.68 Å². The van der Waals surface area contributed by atoms with E-state index in [1.54, 1.807) is 24.2 Å². The number of methoxy groups -OCH3 is 1. The van der Waals surface area contributed by atoms with E-state index in [1.807, 2.05) is 19.2 Å². The third-order valence-corrected chi connectivity index (χ3v) is 4.19. The maximum Gasteiger partial charge on any atom is 0.319 e. The van der Waals surface area contributed by atoms with Crippen molar-refractivity contribution in [3.05, 3.63) is 41.7 Å². The van der Waals surface area contributed by atoms with Gasteiger partial charge in [0.05, 0.1) is 19.0 Å². The number of hydrogen-bond acceptors (Lipinski definition) is 3. The minimum atomic E-state index is -0.186. The third kappa shape index (κ3) is 3.64. The second kappa shape index (κ2) is 6.73. The van der Waals surface area contributed by atoms with Gasteiger partial charge in [-0.05, 0) is 42.9 Å². The number of rotatable bonds is 3. The summed E-state index contributed by atoms with van der Waals surface area (Å²) in [5, 5.41) is 9.93. The zero-order chi connectivity index (χ0) is 16.2. The van der Waals surface area contributed by atoms with Gasteiger partial charge in [-0.15, -0.1) is 0 Å². The Morgan fingerprint density at radius 1 is 1.43 bits per heavy atom. The molecule has 1 aliphatic rings. The van der Waals surface area contributed by atoms with E-state index in [-0.39, 0.29) is 12.1 Å². The number of carbonyl (C=O) groups is 1. The van der Waals surface area contributed by atoms with E-state index in [9.17, 15) is 4.79 Å². The minimum absolute atomic E-state index is 0.125. The summed E-state index contributed by atoms with van der Waals surface area (Å²) in [6.45, 7) is 0. The predicted octanol–water partition coefficient (Wildman–Crippen LogP) is 2.50. The summed E-state index contributed by atoms with van der Waals surface area (Å²) in [6.07, 6.45) is 7.21. The Morgan fingerprint density at radius 3 is 3.04 bits per heavy atom. The SMILES string of the molecule is COc1cccc2c1CCCC(NC(=O)Nc1cnn(C)c1)C2. The first-order chi connectivity index (χ1) is 11.2. The lowest BCUT2D eigenvalue weighted by Crippen LogP contribution is -2.38. The normalized spacial score (nSPS) is 17.0. The molecule has 1 atom stereocenters. The molecule has 0 aliphatic heterocycles. The van der Waals surface area contributed by atoms with Crippen LogP contribution in [0.4, 0.5) is 10.5 Å². The number of carbonyl (C=O) groups excluding carboxylic acids is 1. The van der Waals surface area contributed by atoms with E-state index in [4.69, 9.17) is 4.74 Å². The van der Waals surface area contributed by atoms with Gasteiger partial charge in [0.25, 0.3) is 0 Å². The molecule has 1 aliphatic carbocycles. The molecule has 1 aromatic heterocycles. The molecule has 0 saturated heterocycles. The third-order valence-electron chi connectivity index (χ3n) is 4.19. The fourth-order valence-electron chi connectivity index (χ4n) is 3.13. The zero-order valence-electron chi connectivity index (χ0n) is 13.5. The van der Waals surface area contributed by atoms with Crippen LogP contribution < -0.4 is 15.4 Å². The van der Waals surface area contributed by atoms with Crippen LogP contribution >= 0.6 is 0 Å². The molecule has 0 bridgehead atoms. The average molecular weight is 314 g/mol. The molecule has 0 saturated carbocycles. The first-order valence-corrected chi connectivity index (χ1v) is 7.86. The van der Waals surface area contributed by atoms with Crippen molar-refractivity contribution in [2.75, 3.05) is 12.4 Å². The minimum Gasteiger partial charge on any atom is -0.496 e. The number of amides is 2. The topological polar surface area (TPSA) is 68.2 Å². The van der Waals surface area contributed by atoms with E-state index in [0.29, 0.717) is 5.69 Å². The Morgan fingerprint density at radius 2 is 2.30 bits per heavy atom. The molecule has 6 nitrogen and oxygen atoms in total. The quantitative estimate of drug-likeness (QED) is 0.855. The van der Waals surface area contributed by atoms with Gasteiger partial charge >= 0.3 is 6.03 Å². The highest BCUT2D eigenvalue weighted by Crippen LogP contribution is 2.28. The summed E-state index contributed by atoms with van der Waals surface area (Å²) in [5.74, 6) is 0.947. The van der Waals surface area contributed by atoms with E-state index in [0.717, 1.165) is 31.4 Å². The standard InChI is InChI=1S/C17H22N4O2/c1-21-11-14(10-18-21)20-17(22)19-13-6-4-7-15-12(9-13)5-3-8-16(15)23-2/h3,5,8,10-11,13H,4,6-7,9H2,1-2H3,(H2,19,20,22). The number of aromatic nitrogens is 2. The first-order valence-electron chi connectivity index (χ1n) is 7.86.